The van der Waals surface area contributed by atoms with E-state index >= 15 is 0 Å². The molecule has 2 aliphatic rings. The summed E-state index contributed by atoms with van der Waals surface area (Å²) in [5.74, 6) is 2.67. The number of nitrogens with zero attached hydrogens (tertiary/aromatic N) is 7. The number of hydrogen-bond acceptors (Lipinski definition) is 7. The topological polar surface area (TPSA) is 81.3 Å². The molecule has 0 radical (unpaired) electrons. The maximum Gasteiger partial charge on any atom is 0.228 e. The molecule has 4 heterocycles. The van der Waals surface area contributed by atoms with Crippen LogP contribution in [0.1, 0.15) is 42.3 Å². The third-order valence-corrected chi connectivity index (χ3v) is 5.41. The van der Waals surface area contributed by atoms with Crippen LogP contribution in [0.15, 0.2) is 18.3 Å². The summed E-state index contributed by atoms with van der Waals surface area (Å²) in [5, 5.41) is 13.7. The molecule has 5 rings (SSSR count). The molecular formula is C18H21N7O. The molecule has 1 aliphatic carbocycles. The minimum Gasteiger partial charge on any atom is -0.481 e. The van der Waals surface area contributed by atoms with Gasteiger partial charge < -0.3 is 9.64 Å². The summed E-state index contributed by atoms with van der Waals surface area (Å²) < 4.78 is 7.17. The second-order valence-electron chi connectivity index (χ2n) is 6.96. The Morgan fingerprint density at radius 2 is 2.04 bits per heavy atom. The summed E-state index contributed by atoms with van der Waals surface area (Å²) in [7, 11) is 1.62. The van der Waals surface area contributed by atoms with E-state index in [9.17, 15) is 0 Å². The first-order chi connectivity index (χ1) is 12.8. The molecule has 1 aliphatic heterocycles. The van der Waals surface area contributed by atoms with Gasteiger partial charge >= 0.3 is 0 Å². The van der Waals surface area contributed by atoms with E-state index in [1.807, 2.05) is 4.52 Å². The number of anilines is 1. The molecule has 0 N–H and O–H groups in total. The van der Waals surface area contributed by atoms with Gasteiger partial charge in [0, 0.05) is 31.3 Å². The summed E-state index contributed by atoms with van der Waals surface area (Å²) in [5.41, 5.74) is 3.42. The smallest absolute Gasteiger partial charge is 0.228 e. The van der Waals surface area contributed by atoms with E-state index in [-0.39, 0.29) is 0 Å². The quantitative estimate of drug-likeness (QED) is 0.711. The molecule has 0 saturated carbocycles. The number of rotatable bonds is 3. The number of piperidine rings is 1. The van der Waals surface area contributed by atoms with Gasteiger partial charge in [0.15, 0.2) is 11.5 Å². The molecule has 0 amide bonds. The van der Waals surface area contributed by atoms with Crippen molar-refractivity contribution < 1.29 is 4.74 Å². The molecule has 3 aromatic heterocycles. The van der Waals surface area contributed by atoms with Crippen molar-refractivity contribution in [2.45, 2.75) is 38.0 Å². The largest absolute Gasteiger partial charge is 0.481 e. The van der Waals surface area contributed by atoms with E-state index in [0.717, 1.165) is 56.2 Å². The molecule has 0 spiro atoms. The lowest BCUT2D eigenvalue weighted by Gasteiger charge is -2.31. The lowest BCUT2D eigenvalue weighted by Crippen LogP contribution is -2.34. The van der Waals surface area contributed by atoms with Crippen molar-refractivity contribution in [1.82, 2.24) is 29.8 Å². The van der Waals surface area contributed by atoms with Gasteiger partial charge in [-0.05, 0) is 43.7 Å². The predicted octanol–water partition coefficient (Wildman–Crippen LogP) is 1.80. The zero-order valence-corrected chi connectivity index (χ0v) is 14.8. The average Bonchev–Trinajstić information content (AvgIpc) is 3.32. The Morgan fingerprint density at radius 3 is 2.88 bits per heavy atom. The Balaban J connectivity index is 1.36. The van der Waals surface area contributed by atoms with E-state index < -0.39 is 0 Å². The highest BCUT2D eigenvalue weighted by atomic mass is 16.5. The molecular weight excluding hydrogens is 330 g/mol. The first-order valence-corrected chi connectivity index (χ1v) is 9.18. The van der Waals surface area contributed by atoms with Crippen LogP contribution in [0.4, 0.5) is 5.95 Å². The van der Waals surface area contributed by atoms with Crippen LogP contribution in [0.2, 0.25) is 0 Å². The number of fused-ring (bicyclic) bond motifs is 2. The Bertz CT molecular complexity index is 946. The first-order valence-electron chi connectivity index (χ1n) is 9.18. The fourth-order valence-electron chi connectivity index (χ4n) is 3.99. The standard InChI is InChI=1S/C18H21N7O/c1-26-16-5-8-19-18(20-16)24-9-6-12(7-10-24)17-22-21-15-11-13-3-2-4-14(13)23-25(15)17/h5,8,11-12H,2-4,6-7,9-10H2,1H3. The Kier molecular flexibility index (Phi) is 3.69. The highest BCUT2D eigenvalue weighted by Gasteiger charge is 2.27. The maximum absolute atomic E-state index is 5.20. The van der Waals surface area contributed by atoms with E-state index in [2.05, 4.69) is 31.1 Å². The molecule has 0 unspecified atom stereocenters. The van der Waals surface area contributed by atoms with Gasteiger partial charge in [-0.25, -0.2) is 4.98 Å². The van der Waals surface area contributed by atoms with Crippen molar-refractivity contribution in [2.75, 3.05) is 25.1 Å². The van der Waals surface area contributed by atoms with Crippen LogP contribution >= 0.6 is 0 Å². The van der Waals surface area contributed by atoms with Crippen LogP contribution in [0.25, 0.3) is 5.65 Å². The van der Waals surface area contributed by atoms with E-state index in [1.165, 1.54) is 17.7 Å². The van der Waals surface area contributed by atoms with Crippen LogP contribution in [0.3, 0.4) is 0 Å². The number of aromatic nitrogens is 6. The van der Waals surface area contributed by atoms with Gasteiger partial charge in [0.05, 0.1) is 12.8 Å². The molecule has 8 nitrogen and oxygen atoms in total. The summed E-state index contributed by atoms with van der Waals surface area (Å²) in [6.07, 6.45) is 7.08. The Labute approximate surface area is 151 Å². The zero-order valence-electron chi connectivity index (χ0n) is 14.8. The van der Waals surface area contributed by atoms with Crippen LogP contribution in [0, 0.1) is 0 Å². The fourth-order valence-corrected chi connectivity index (χ4v) is 3.99. The third kappa shape index (κ3) is 2.56. The Hall–Kier alpha value is -2.77. The highest BCUT2D eigenvalue weighted by molar-refractivity contribution is 5.43. The monoisotopic (exact) mass is 351 g/mol. The van der Waals surface area contributed by atoms with Crippen LogP contribution in [0.5, 0.6) is 5.88 Å². The number of ether oxygens (including phenoxy) is 1. The van der Waals surface area contributed by atoms with Crippen molar-refractivity contribution in [3.63, 3.8) is 0 Å². The van der Waals surface area contributed by atoms with Gasteiger partial charge in [-0.15, -0.1) is 10.2 Å². The minimum absolute atomic E-state index is 0.360. The molecule has 134 valence electrons. The van der Waals surface area contributed by atoms with Crippen molar-refractivity contribution in [1.29, 1.82) is 0 Å². The molecule has 1 fully saturated rings. The second-order valence-corrected chi connectivity index (χ2v) is 6.96. The zero-order chi connectivity index (χ0) is 17.5. The molecule has 8 heteroatoms. The van der Waals surface area contributed by atoms with Crippen molar-refractivity contribution >= 4 is 11.6 Å². The van der Waals surface area contributed by atoms with Crippen LogP contribution < -0.4 is 9.64 Å². The van der Waals surface area contributed by atoms with Crippen molar-refractivity contribution in [3.8, 4) is 5.88 Å². The fraction of sp³-hybridized carbons (Fsp3) is 0.500. The average molecular weight is 351 g/mol. The van der Waals surface area contributed by atoms with Gasteiger partial charge in [-0.1, -0.05) is 0 Å². The van der Waals surface area contributed by atoms with E-state index in [4.69, 9.17) is 9.84 Å². The molecule has 1 saturated heterocycles. The minimum atomic E-state index is 0.360. The molecule has 0 bridgehead atoms. The van der Waals surface area contributed by atoms with Gasteiger partial charge in [0.2, 0.25) is 11.8 Å². The SMILES string of the molecule is COc1ccnc(N2CCC(c3nnc4cc5c(nn34)CCC5)CC2)n1. The maximum atomic E-state index is 5.20. The first kappa shape index (κ1) is 15.5. The summed E-state index contributed by atoms with van der Waals surface area (Å²) >= 11 is 0. The highest BCUT2D eigenvalue weighted by Crippen LogP contribution is 2.29. The molecule has 0 aromatic carbocycles. The predicted molar refractivity (Wildman–Crippen MR) is 95.6 cm³/mol. The molecule has 3 aromatic rings. The van der Waals surface area contributed by atoms with E-state index in [0.29, 0.717) is 11.8 Å². The van der Waals surface area contributed by atoms with Gasteiger partial charge in [-0.2, -0.15) is 14.6 Å². The second kappa shape index (κ2) is 6.19. The van der Waals surface area contributed by atoms with E-state index in [1.54, 1.807) is 19.4 Å². The molecule has 26 heavy (non-hydrogen) atoms. The van der Waals surface area contributed by atoms with Gasteiger partial charge in [-0.3, -0.25) is 0 Å². The normalized spacial score (nSPS) is 17.7. The number of hydrogen-bond donors (Lipinski definition) is 0. The van der Waals surface area contributed by atoms with Crippen LogP contribution in [-0.2, 0) is 12.8 Å². The van der Waals surface area contributed by atoms with Gasteiger partial charge in [0.1, 0.15) is 0 Å². The lowest BCUT2D eigenvalue weighted by molar-refractivity contribution is 0.395. The molecule has 0 atom stereocenters. The van der Waals surface area contributed by atoms with Crippen molar-refractivity contribution in [2.24, 2.45) is 0 Å². The third-order valence-electron chi connectivity index (χ3n) is 5.41. The number of aryl methyl sites for hydroxylation is 2. The van der Waals surface area contributed by atoms with Gasteiger partial charge in [0.25, 0.3) is 0 Å². The Morgan fingerprint density at radius 1 is 1.15 bits per heavy atom. The summed E-state index contributed by atoms with van der Waals surface area (Å²) in [6, 6.07) is 3.92. The summed E-state index contributed by atoms with van der Waals surface area (Å²) in [4.78, 5) is 11.0. The summed E-state index contributed by atoms with van der Waals surface area (Å²) in [6.45, 7) is 1.77. The van der Waals surface area contributed by atoms with Crippen molar-refractivity contribution in [3.05, 3.63) is 35.4 Å². The van der Waals surface area contributed by atoms with Crippen LogP contribution in [-0.4, -0.2) is 50.0 Å². The number of methoxy groups -OCH3 is 1. The lowest BCUT2D eigenvalue weighted by atomic mass is 9.96.